The molecule has 1 aliphatic heterocycles. The maximum Gasteiger partial charge on any atom is 0.163 e. The maximum atomic E-state index is 10.8. The molecule has 18 heavy (non-hydrogen) atoms. The molecule has 0 saturated carbocycles. The number of hydrogen-bond acceptors (Lipinski definition) is 2. The van der Waals surface area contributed by atoms with E-state index in [1.54, 1.807) is 0 Å². The Kier molecular flexibility index (Phi) is 4.28. The average molecular weight is 270 g/mol. The molecule has 4 heteroatoms. The molecule has 3 nitrogen and oxygen atoms in total. The van der Waals surface area contributed by atoms with Gasteiger partial charge in [-0.25, -0.2) is 5.11 Å². The molecular formula is C14H18ClO3. The second-order valence-electron chi connectivity index (χ2n) is 5.00. The Labute approximate surface area is 113 Å². The minimum atomic E-state index is -0.619. The molecule has 0 aromatic heterocycles. The van der Waals surface area contributed by atoms with Gasteiger partial charge in [-0.1, -0.05) is 29.8 Å². The normalized spacial score (nSPS) is 26.4. The first-order chi connectivity index (χ1) is 8.52. The maximum absolute atomic E-state index is 10.8. The Balaban J connectivity index is 2.10. The van der Waals surface area contributed by atoms with Gasteiger partial charge in [-0.2, -0.15) is 0 Å². The van der Waals surface area contributed by atoms with Crippen LogP contribution in [0.3, 0.4) is 0 Å². The molecule has 1 aliphatic rings. The lowest BCUT2D eigenvalue weighted by molar-refractivity contribution is -0.147. The lowest BCUT2D eigenvalue weighted by Gasteiger charge is -2.17. The van der Waals surface area contributed by atoms with Crippen molar-refractivity contribution >= 4 is 11.6 Å². The molecule has 0 N–H and O–H groups in total. The second-order valence-corrected chi connectivity index (χ2v) is 5.41. The van der Waals surface area contributed by atoms with E-state index < -0.39 is 5.79 Å². The number of benzene rings is 1. The third-order valence-electron chi connectivity index (χ3n) is 3.07. The van der Waals surface area contributed by atoms with Gasteiger partial charge in [0.1, 0.15) is 0 Å². The van der Waals surface area contributed by atoms with Gasteiger partial charge in [0.25, 0.3) is 0 Å². The second kappa shape index (κ2) is 5.57. The van der Waals surface area contributed by atoms with E-state index in [2.05, 4.69) is 0 Å². The van der Waals surface area contributed by atoms with Crippen molar-refractivity contribution in [3.63, 3.8) is 0 Å². The van der Waals surface area contributed by atoms with Gasteiger partial charge in [0.05, 0.1) is 18.8 Å². The molecule has 1 heterocycles. The van der Waals surface area contributed by atoms with Gasteiger partial charge in [-0.15, -0.1) is 0 Å². The fourth-order valence-corrected chi connectivity index (χ4v) is 2.54. The van der Waals surface area contributed by atoms with E-state index in [0.717, 1.165) is 10.6 Å². The van der Waals surface area contributed by atoms with E-state index in [4.69, 9.17) is 21.1 Å². The molecule has 1 radical (unpaired) electrons. The van der Waals surface area contributed by atoms with Crippen LogP contribution in [-0.4, -0.2) is 24.6 Å². The molecular weight excluding hydrogens is 252 g/mol. The summed E-state index contributed by atoms with van der Waals surface area (Å²) < 4.78 is 11.6. The van der Waals surface area contributed by atoms with Gasteiger partial charge in [-0.05, 0) is 25.5 Å². The average Bonchev–Trinajstić information content (AvgIpc) is 2.57. The zero-order chi connectivity index (χ0) is 13.2. The Hall–Kier alpha value is -0.610. The first kappa shape index (κ1) is 13.8. The van der Waals surface area contributed by atoms with Crippen molar-refractivity contribution < 1.29 is 14.6 Å². The standard InChI is InChI=1S/C14H18ClO3/c1-14(2)17-12(7-8-16)13(18-14)9-10-5-3-4-6-11(10)15/h3-6,12-13H,7-9H2,1-2H3/t12-,13-/m0/s1. The van der Waals surface area contributed by atoms with Crippen molar-refractivity contribution in [2.45, 2.75) is 44.7 Å². The zero-order valence-corrected chi connectivity index (χ0v) is 11.4. The minimum Gasteiger partial charge on any atom is -0.344 e. The number of halogens is 1. The summed E-state index contributed by atoms with van der Waals surface area (Å²) in [6, 6.07) is 7.69. The molecule has 99 valence electrons. The van der Waals surface area contributed by atoms with Crippen LogP contribution in [0.5, 0.6) is 0 Å². The predicted molar refractivity (Wildman–Crippen MR) is 69.2 cm³/mol. The monoisotopic (exact) mass is 269 g/mol. The molecule has 1 aromatic carbocycles. The predicted octanol–water partition coefficient (Wildman–Crippen LogP) is 3.22. The largest absolute Gasteiger partial charge is 0.344 e. The highest BCUT2D eigenvalue weighted by molar-refractivity contribution is 6.31. The van der Waals surface area contributed by atoms with Crippen LogP contribution in [0.2, 0.25) is 5.02 Å². The number of rotatable bonds is 4. The summed E-state index contributed by atoms with van der Waals surface area (Å²) in [5.74, 6) is -0.619. The highest BCUT2D eigenvalue weighted by atomic mass is 35.5. The van der Waals surface area contributed by atoms with E-state index in [1.807, 2.05) is 38.1 Å². The molecule has 2 rings (SSSR count). The Morgan fingerprint density at radius 2 is 1.89 bits per heavy atom. The zero-order valence-electron chi connectivity index (χ0n) is 10.7. The van der Waals surface area contributed by atoms with Crippen molar-refractivity contribution in [3.05, 3.63) is 34.9 Å². The smallest absolute Gasteiger partial charge is 0.163 e. The third-order valence-corrected chi connectivity index (χ3v) is 3.44. The van der Waals surface area contributed by atoms with Crippen molar-refractivity contribution in [2.75, 3.05) is 6.61 Å². The summed E-state index contributed by atoms with van der Waals surface area (Å²) in [5, 5.41) is 11.5. The number of ether oxygens (including phenoxy) is 2. The van der Waals surface area contributed by atoms with Gasteiger partial charge in [0.2, 0.25) is 0 Å². The van der Waals surface area contributed by atoms with Crippen molar-refractivity contribution in [2.24, 2.45) is 0 Å². The molecule has 0 amide bonds. The van der Waals surface area contributed by atoms with Crippen LogP contribution in [0.15, 0.2) is 24.3 Å². The van der Waals surface area contributed by atoms with Gasteiger partial charge in [0, 0.05) is 17.9 Å². The first-order valence-corrected chi connectivity index (χ1v) is 6.57. The summed E-state index contributed by atoms with van der Waals surface area (Å²) in [5.41, 5.74) is 1.03. The van der Waals surface area contributed by atoms with Gasteiger partial charge in [-0.3, -0.25) is 0 Å². The van der Waals surface area contributed by atoms with Crippen molar-refractivity contribution in [1.82, 2.24) is 0 Å². The van der Waals surface area contributed by atoms with E-state index in [9.17, 15) is 5.11 Å². The third kappa shape index (κ3) is 3.23. The Morgan fingerprint density at radius 3 is 2.56 bits per heavy atom. The van der Waals surface area contributed by atoms with E-state index in [1.165, 1.54) is 0 Å². The van der Waals surface area contributed by atoms with Crippen LogP contribution < -0.4 is 0 Å². The van der Waals surface area contributed by atoms with E-state index in [-0.39, 0.29) is 18.8 Å². The van der Waals surface area contributed by atoms with Crippen LogP contribution in [0.25, 0.3) is 0 Å². The SMILES string of the molecule is CC1(C)O[C@@H](CC[O])[C@H](Cc2ccccc2Cl)O1. The molecule has 1 fully saturated rings. The van der Waals surface area contributed by atoms with Crippen LogP contribution in [0, 0.1) is 0 Å². The molecule has 0 unspecified atom stereocenters. The van der Waals surface area contributed by atoms with Gasteiger partial charge < -0.3 is 9.47 Å². The molecule has 2 atom stereocenters. The van der Waals surface area contributed by atoms with Crippen LogP contribution in [0.1, 0.15) is 25.8 Å². The first-order valence-electron chi connectivity index (χ1n) is 6.19. The Bertz CT molecular complexity index is 406. The minimum absolute atomic E-state index is 0.103. The summed E-state index contributed by atoms with van der Waals surface area (Å²) in [7, 11) is 0. The molecule has 1 aromatic rings. The van der Waals surface area contributed by atoms with Gasteiger partial charge in [0.15, 0.2) is 5.79 Å². The number of hydrogen-bond donors (Lipinski definition) is 0. The fraction of sp³-hybridized carbons (Fsp3) is 0.571. The highest BCUT2D eigenvalue weighted by Gasteiger charge is 2.40. The molecule has 1 saturated heterocycles. The van der Waals surface area contributed by atoms with E-state index in [0.29, 0.717) is 12.8 Å². The quantitative estimate of drug-likeness (QED) is 0.842. The van der Waals surface area contributed by atoms with Crippen molar-refractivity contribution in [1.29, 1.82) is 0 Å². The van der Waals surface area contributed by atoms with Crippen LogP contribution in [-0.2, 0) is 21.0 Å². The fourth-order valence-electron chi connectivity index (χ4n) is 2.32. The van der Waals surface area contributed by atoms with E-state index >= 15 is 0 Å². The summed E-state index contributed by atoms with van der Waals surface area (Å²) in [6.07, 6.45) is 0.898. The molecule has 0 spiro atoms. The lowest BCUT2D eigenvalue weighted by atomic mass is 10.0. The highest BCUT2D eigenvalue weighted by Crippen LogP contribution is 2.32. The van der Waals surface area contributed by atoms with Crippen LogP contribution >= 0.6 is 11.6 Å². The topological polar surface area (TPSA) is 38.4 Å². The van der Waals surface area contributed by atoms with Crippen molar-refractivity contribution in [3.8, 4) is 0 Å². The summed E-state index contributed by atoms with van der Waals surface area (Å²) >= 11 is 6.14. The summed E-state index contributed by atoms with van der Waals surface area (Å²) in [6.45, 7) is 3.60. The summed E-state index contributed by atoms with van der Waals surface area (Å²) in [4.78, 5) is 0. The Morgan fingerprint density at radius 1 is 1.22 bits per heavy atom. The lowest BCUT2D eigenvalue weighted by Crippen LogP contribution is -2.25. The van der Waals surface area contributed by atoms with Crippen LogP contribution in [0.4, 0.5) is 0 Å². The van der Waals surface area contributed by atoms with Gasteiger partial charge >= 0.3 is 0 Å². The molecule has 0 bridgehead atoms. The molecule has 0 aliphatic carbocycles.